The van der Waals surface area contributed by atoms with Crippen molar-refractivity contribution in [3.63, 3.8) is 0 Å². The minimum absolute atomic E-state index is 0.145. The van der Waals surface area contributed by atoms with Crippen molar-refractivity contribution in [2.45, 2.75) is 12.6 Å². The summed E-state index contributed by atoms with van der Waals surface area (Å²) >= 11 is 0. The van der Waals surface area contributed by atoms with Gasteiger partial charge < -0.3 is 19.8 Å². The third kappa shape index (κ3) is 3.18. The van der Waals surface area contributed by atoms with Crippen molar-refractivity contribution in [3.05, 3.63) is 72.7 Å². The number of nitrogens with zero attached hydrogens (tertiary/aromatic N) is 2. The number of anilines is 1. The van der Waals surface area contributed by atoms with Crippen LogP contribution in [0.25, 0.3) is 10.9 Å². The summed E-state index contributed by atoms with van der Waals surface area (Å²) in [6, 6.07) is 15.1. The zero-order chi connectivity index (χ0) is 18.9. The molecule has 1 aliphatic rings. The molecule has 140 valence electrons. The molecular weight excluding hydrogens is 356 g/mol. The van der Waals surface area contributed by atoms with E-state index >= 15 is 0 Å². The lowest BCUT2D eigenvalue weighted by atomic mass is 10.1. The van der Waals surface area contributed by atoms with Gasteiger partial charge in [0, 0.05) is 23.5 Å². The first-order valence-corrected chi connectivity index (χ1v) is 9.04. The van der Waals surface area contributed by atoms with Crippen molar-refractivity contribution < 1.29 is 14.3 Å². The molecule has 2 N–H and O–H groups in total. The zero-order valence-corrected chi connectivity index (χ0v) is 15.0. The van der Waals surface area contributed by atoms with Crippen LogP contribution in [0.3, 0.4) is 0 Å². The fraction of sp³-hybridized carbons (Fsp3) is 0.143. The molecule has 0 spiro atoms. The number of hydrogen-bond donors (Lipinski definition) is 2. The van der Waals surface area contributed by atoms with Gasteiger partial charge in [-0.3, -0.25) is 9.48 Å². The molecule has 7 heteroatoms. The molecule has 4 aromatic rings. The van der Waals surface area contributed by atoms with Crippen molar-refractivity contribution in [1.29, 1.82) is 0 Å². The van der Waals surface area contributed by atoms with Gasteiger partial charge in [0.1, 0.15) is 6.61 Å². The van der Waals surface area contributed by atoms with Gasteiger partial charge in [-0.15, -0.1) is 0 Å². The lowest BCUT2D eigenvalue weighted by molar-refractivity contribution is 0.0759. The minimum Gasteiger partial charge on any atom is -0.486 e. The van der Waals surface area contributed by atoms with E-state index in [9.17, 15) is 4.79 Å². The molecule has 1 aliphatic heterocycles. The Hall–Kier alpha value is -3.74. The van der Waals surface area contributed by atoms with Crippen molar-refractivity contribution >= 4 is 22.5 Å². The Morgan fingerprint density at radius 2 is 2.11 bits per heavy atom. The number of carbonyl (C=O) groups excluding carboxylic acids is 1. The van der Waals surface area contributed by atoms with E-state index in [1.54, 1.807) is 23.1 Å². The first kappa shape index (κ1) is 16.4. The summed E-state index contributed by atoms with van der Waals surface area (Å²) in [5, 5.41) is 8.27. The van der Waals surface area contributed by atoms with Crippen LogP contribution >= 0.6 is 0 Å². The Kier molecular flexibility index (Phi) is 3.97. The fourth-order valence-electron chi connectivity index (χ4n) is 3.28. The normalized spacial score (nSPS) is 15.5. The number of fused-ring (bicyclic) bond motifs is 2. The molecule has 3 heterocycles. The maximum Gasteiger partial charge on any atom is 0.255 e. The summed E-state index contributed by atoms with van der Waals surface area (Å²) in [4.78, 5) is 15.6. The highest BCUT2D eigenvalue weighted by Gasteiger charge is 2.21. The van der Waals surface area contributed by atoms with Crippen LogP contribution < -0.4 is 14.8 Å². The Balaban J connectivity index is 1.24. The van der Waals surface area contributed by atoms with E-state index in [-0.39, 0.29) is 12.0 Å². The van der Waals surface area contributed by atoms with Gasteiger partial charge in [0.25, 0.3) is 5.91 Å². The monoisotopic (exact) mass is 374 g/mol. The summed E-state index contributed by atoms with van der Waals surface area (Å²) < 4.78 is 13.4. The summed E-state index contributed by atoms with van der Waals surface area (Å²) in [6.45, 7) is 0.980. The molecule has 0 saturated heterocycles. The number of nitrogens with one attached hydrogen (secondary N) is 2. The summed E-state index contributed by atoms with van der Waals surface area (Å²) in [7, 11) is 0. The Labute approximate surface area is 160 Å². The van der Waals surface area contributed by atoms with Crippen molar-refractivity contribution in [2.75, 3.05) is 11.9 Å². The average molecular weight is 374 g/mol. The van der Waals surface area contributed by atoms with Crippen LogP contribution in [-0.2, 0) is 6.54 Å². The Morgan fingerprint density at radius 1 is 1.21 bits per heavy atom. The molecule has 5 rings (SSSR count). The first-order chi connectivity index (χ1) is 13.7. The minimum atomic E-state index is -0.178. The molecule has 0 fully saturated rings. The maximum atomic E-state index is 12.5. The second-order valence-electron chi connectivity index (χ2n) is 6.68. The molecule has 1 unspecified atom stereocenters. The number of rotatable bonds is 4. The predicted molar refractivity (Wildman–Crippen MR) is 105 cm³/mol. The molecule has 7 nitrogen and oxygen atoms in total. The van der Waals surface area contributed by atoms with Crippen LogP contribution in [0.5, 0.6) is 11.5 Å². The quantitative estimate of drug-likeness (QED) is 0.573. The van der Waals surface area contributed by atoms with Gasteiger partial charge >= 0.3 is 0 Å². The standard InChI is InChI=1S/C21H18N4O3/c26-21(15-6-5-14-7-8-22-18(14)9-15)24-16-10-23-25(11-16)12-17-13-27-19-3-1-2-4-20(19)28-17/h1-11,17,22H,12-13H2,(H,24,26). The van der Waals surface area contributed by atoms with Crippen molar-refractivity contribution in [3.8, 4) is 11.5 Å². The zero-order valence-electron chi connectivity index (χ0n) is 15.0. The van der Waals surface area contributed by atoms with Crippen LogP contribution in [-0.4, -0.2) is 33.4 Å². The summed E-state index contributed by atoms with van der Waals surface area (Å²) in [5.41, 5.74) is 2.15. The molecule has 1 amide bonds. The van der Waals surface area contributed by atoms with Gasteiger partial charge in [0.15, 0.2) is 17.6 Å². The highest BCUT2D eigenvalue weighted by molar-refractivity contribution is 6.06. The smallest absolute Gasteiger partial charge is 0.255 e. The van der Waals surface area contributed by atoms with E-state index in [1.807, 2.05) is 48.7 Å². The SMILES string of the molecule is O=C(Nc1cnn(CC2COc3ccccc3O2)c1)c1ccc2cc[nH]c2c1. The van der Waals surface area contributed by atoms with Crippen LogP contribution in [0, 0.1) is 0 Å². The number of carbonyl (C=O) groups is 1. The molecule has 2 aromatic heterocycles. The number of amides is 1. The Morgan fingerprint density at radius 3 is 3.04 bits per heavy atom. The van der Waals surface area contributed by atoms with Crippen molar-refractivity contribution in [1.82, 2.24) is 14.8 Å². The fourth-order valence-corrected chi connectivity index (χ4v) is 3.28. The van der Waals surface area contributed by atoms with Crippen LogP contribution in [0.15, 0.2) is 67.1 Å². The van der Waals surface area contributed by atoms with Crippen molar-refractivity contribution in [2.24, 2.45) is 0 Å². The number of aromatic amines is 1. The maximum absolute atomic E-state index is 12.5. The first-order valence-electron chi connectivity index (χ1n) is 9.04. The van der Waals surface area contributed by atoms with E-state index in [0.29, 0.717) is 24.4 Å². The van der Waals surface area contributed by atoms with E-state index < -0.39 is 0 Å². The van der Waals surface area contributed by atoms with Crippen LogP contribution in [0.4, 0.5) is 5.69 Å². The second kappa shape index (κ2) is 6.77. The van der Waals surface area contributed by atoms with Gasteiger partial charge in [0.2, 0.25) is 0 Å². The molecular formula is C21H18N4O3. The third-order valence-corrected chi connectivity index (χ3v) is 4.67. The number of para-hydroxylation sites is 2. The second-order valence-corrected chi connectivity index (χ2v) is 6.68. The van der Waals surface area contributed by atoms with Gasteiger partial charge in [-0.05, 0) is 35.7 Å². The highest BCUT2D eigenvalue weighted by atomic mass is 16.6. The van der Waals surface area contributed by atoms with Crippen LogP contribution in [0.1, 0.15) is 10.4 Å². The lowest BCUT2D eigenvalue weighted by Crippen LogP contribution is -2.33. The lowest BCUT2D eigenvalue weighted by Gasteiger charge is -2.26. The highest BCUT2D eigenvalue weighted by Crippen LogP contribution is 2.31. The number of aromatic nitrogens is 3. The molecule has 1 atom stereocenters. The molecule has 0 radical (unpaired) electrons. The molecule has 0 aliphatic carbocycles. The molecule has 0 saturated carbocycles. The number of hydrogen-bond acceptors (Lipinski definition) is 4. The van der Waals surface area contributed by atoms with Gasteiger partial charge in [-0.1, -0.05) is 18.2 Å². The van der Waals surface area contributed by atoms with Gasteiger partial charge in [-0.2, -0.15) is 5.10 Å². The average Bonchev–Trinajstić information content (AvgIpc) is 3.36. The number of ether oxygens (including phenoxy) is 2. The molecule has 28 heavy (non-hydrogen) atoms. The largest absolute Gasteiger partial charge is 0.486 e. The van der Waals surface area contributed by atoms with E-state index in [1.165, 1.54) is 0 Å². The van der Waals surface area contributed by atoms with Gasteiger partial charge in [0.05, 0.1) is 18.4 Å². The predicted octanol–water partition coefficient (Wildman–Crippen LogP) is 3.46. The molecule has 0 bridgehead atoms. The Bertz CT molecular complexity index is 1150. The number of benzene rings is 2. The topological polar surface area (TPSA) is 81.2 Å². The van der Waals surface area contributed by atoms with Crippen LogP contribution in [0.2, 0.25) is 0 Å². The number of H-pyrrole nitrogens is 1. The summed E-state index contributed by atoms with van der Waals surface area (Å²) in [6.07, 6.45) is 5.12. The van der Waals surface area contributed by atoms with E-state index in [4.69, 9.17) is 9.47 Å². The van der Waals surface area contributed by atoms with Gasteiger partial charge in [-0.25, -0.2) is 0 Å². The van der Waals surface area contributed by atoms with E-state index in [0.717, 1.165) is 22.4 Å². The van der Waals surface area contributed by atoms with E-state index in [2.05, 4.69) is 15.4 Å². The third-order valence-electron chi connectivity index (χ3n) is 4.67. The molecule has 2 aromatic carbocycles. The summed E-state index contributed by atoms with van der Waals surface area (Å²) in [5.74, 6) is 1.31.